The number of methoxy groups -OCH3 is 1. The summed E-state index contributed by atoms with van der Waals surface area (Å²) in [4.78, 5) is 39.3. The largest absolute Gasteiger partial charge is 0.497 e. The van der Waals surface area contributed by atoms with Gasteiger partial charge in [-0.25, -0.2) is 4.79 Å². The number of nitrogens with one attached hydrogen (secondary N) is 1. The lowest BCUT2D eigenvalue weighted by Crippen LogP contribution is -2.46. The van der Waals surface area contributed by atoms with Crippen molar-refractivity contribution in [1.29, 1.82) is 0 Å². The molecule has 2 amide bonds. The van der Waals surface area contributed by atoms with Crippen LogP contribution in [0.2, 0.25) is 0 Å². The number of fused-ring (bicyclic) bond motifs is 1. The predicted octanol–water partition coefficient (Wildman–Crippen LogP) is 2.58. The molecule has 7 heteroatoms. The monoisotopic (exact) mass is 410 g/mol. The van der Waals surface area contributed by atoms with Crippen molar-refractivity contribution < 1.29 is 23.9 Å². The molecule has 1 heterocycles. The number of carbonyl (C=O) groups excluding carboxylic acids is 3. The molecule has 0 aliphatic carbocycles. The van der Waals surface area contributed by atoms with Crippen LogP contribution in [-0.2, 0) is 20.7 Å². The van der Waals surface area contributed by atoms with E-state index in [2.05, 4.69) is 5.32 Å². The quantitative estimate of drug-likeness (QED) is 0.709. The molecule has 0 saturated heterocycles. The number of amides is 2. The minimum Gasteiger partial charge on any atom is -0.497 e. The number of ether oxygens (including phenoxy) is 2. The Balaban J connectivity index is 1.59. The Morgan fingerprint density at radius 2 is 1.77 bits per heavy atom. The third-order valence-electron chi connectivity index (χ3n) is 5.09. The van der Waals surface area contributed by atoms with Crippen LogP contribution in [0.25, 0.3) is 0 Å². The second-order valence-corrected chi connectivity index (χ2v) is 7.46. The van der Waals surface area contributed by atoms with E-state index in [4.69, 9.17) is 9.47 Å². The van der Waals surface area contributed by atoms with Gasteiger partial charge in [0.1, 0.15) is 11.8 Å². The van der Waals surface area contributed by atoms with E-state index in [-0.39, 0.29) is 18.4 Å². The van der Waals surface area contributed by atoms with Crippen LogP contribution in [0, 0.1) is 5.92 Å². The molecular weight excluding hydrogens is 384 g/mol. The van der Waals surface area contributed by atoms with Crippen LogP contribution < -0.4 is 15.0 Å². The van der Waals surface area contributed by atoms with Crippen LogP contribution in [0.1, 0.15) is 29.8 Å². The molecule has 0 spiro atoms. The Kier molecular flexibility index (Phi) is 6.72. The van der Waals surface area contributed by atoms with Crippen molar-refractivity contribution in [2.45, 2.75) is 26.3 Å². The third kappa shape index (κ3) is 4.79. The minimum absolute atomic E-state index is 0.206. The second kappa shape index (κ2) is 9.43. The minimum atomic E-state index is -0.863. The number of rotatable bonds is 7. The highest BCUT2D eigenvalue weighted by Gasteiger charge is 2.29. The number of carbonyl (C=O) groups is 3. The van der Waals surface area contributed by atoms with Crippen molar-refractivity contribution in [2.75, 3.05) is 25.2 Å². The summed E-state index contributed by atoms with van der Waals surface area (Å²) in [5.74, 6) is -0.881. The van der Waals surface area contributed by atoms with Crippen LogP contribution in [0.4, 0.5) is 5.69 Å². The van der Waals surface area contributed by atoms with Gasteiger partial charge in [0.05, 0.1) is 7.11 Å². The number of benzene rings is 2. The Hall–Kier alpha value is -3.35. The molecule has 0 aromatic heterocycles. The molecule has 7 nitrogen and oxygen atoms in total. The molecule has 2 aromatic carbocycles. The molecule has 3 rings (SSSR count). The summed E-state index contributed by atoms with van der Waals surface area (Å²) in [6, 6.07) is 13.4. The van der Waals surface area contributed by atoms with E-state index in [1.54, 1.807) is 50.1 Å². The van der Waals surface area contributed by atoms with Gasteiger partial charge in [-0.15, -0.1) is 0 Å². The van der Waals surface area contributed by atoms with E-state index in [1.807, 2.05) is 24.3 Å². The first kappa shape index (κ1) is 21.4. The lowest BCUT2D eigenvalue weighted by molar-refractivity contribution is -0.150. The van der Waals surface area contributed by atoms with Crippen LogP contribution in [0.5, 0.6) is 5.75 Å². The van der Waals surface area contributed by atoms with Gasteiger partial charge in [-0.3, -0.25) is 9.59 Å². The fraction of sp³-hybridized carbons (Fsp3) is 0.348. The highest BCUT2D eigenvalue weighted by Crippen LogP contribution is 2.27. The lowest BCUT2D eigenvalue weighted by Gasteiger charge is -2.22. The molecule has 158 valence electrons. The molecule has 2 aromatic rings. The smallest absolute Gasteiger partial charge is 0.329 e. The number of para-hydroxylation sites is 1. The number of esters is 1. The van der Waals surface area contributed by atoms with Gasteiger partial charge in [0, 0.05) is 17.8 Å². The van der Waals surface area contributed by atoms with Crippen molar-refractivity contribution in [2.24, 2.45) is 5.92 Å². The molecule has 0 unspecified atom stereocenters. The lowest BCUT2D eigenvalue weighted by atomic mass is 10.0. The topological polar surface area (TPSA) is 84.9 Å². The first-order valence-corrected chi connectivity index (χ1v) is 9.90. The maximum absolute atomic E-state index is 12.6. The average Bonchev–Trinajstić information content (AvgIpc) is 3.19. The van der Waals surface area contributed by atoms with Crippen molar-refractivity contribution in [3.63, 3.8) is 0 Å². The molecular formula is C23H26N2O5. The zero-order valence-corrected chi connectivity index (χ0v) is 17.4. The highest BCUT2D eigenvalue weighted by atomic mass is 16.5. The van der Waals surface area contributed by atoms with Gasteiger partial charge < -0.3 is 19.7 Å². The first-order valence-electron chi connectivity index (χ1n) is 9.90. The fourth-order valence-electron chi connectivity index (χ4n) is 3.36. The summed E-state index contributed by atoms with van der Waals surface area (Å²) in [5, 5.41) is 2.70. The number of nitrogens with zero attached hydrogens (tertiary/aromatic N) is 1. The molecule has 0 saturated carbocycles. The van der Waals surface area contributed by atoms with Gasteiger partial charge in [0.2, 0.25) is 0 Å². The molecule has 1 aliphatic heterocycles. The molecule has 1 N–H and O–H groups in total. The van der Waals surface area contributed by atoms with E-state index < -0.39 is 17.9 Å². The first-order chi connectivity index (χ1) is 14.4. The number of anilines is 1. The predicted molar refractivity (Wildman–Crippen MR) is 113 cm³/mol. The van der Waals surface area contributed by atoms with Crippen molar-refractivity contribution in [3.8, 4) is 5.75 Å². The van der Waals surface area contributed by atoms with E-state index in [9.17, 15) is 14.4 Å². The standard InChI is InChI=1S/C23H26N2O5/c1-15(2)21(24-22(27)17-8-10-18(29-3)11-9-17)23(28)30-14-20(26)25-13-12-16-6-4-5-7-19(16)25/h4-11,15,21H,12-14H2,1-3H3,(H,24,27)/t21-/m1/s1. The van der Waals surface area contributed by atoms with Crippen LogP contribution >= 0.6 is 0 Å². The summed E-state index contributed by atoms with van der Waals surface area (Å²) < 4.78 is 10.3. The summed E-state index contributed by atoms with van der Waals surface area (Å²) in [5.41, 5.74) is 2.36. The normalized spacial score (nSPS) is 13.5. The van der Waals surface area contributed by atoms with Crippen molar-refractivity contribution in [1.82, 2.24) is 5.32 Å². The van der Waals surface area contributed by atoms with E-state index in [0.29, 0.717) is 17.9 Å². The average molecular weight is 410 g/mol. The molecule has 1 atom stereocenters. The van der Waals surface area contributed by atoms with Gasteiger partial charge in [0.15, 0.2) is 6.61 Å². The van der Waals surface area contributed by atoms with Crippen LogP contribution in [0.15, 0.2) is 48.5 Å². The van der Waals surface area contributed by atoms with Crippen molar-refractivity contribution >= 4 is 23.5 Å². The Morgan fingerprint density at radius 1 is 1.07 bits per heavy atom. The van der Waals surface area contributed by atoms with E-state index >= 15 is 0 Å². The summed E-state index contributed by atoms with van der Waals surface area (Å²) in [7, 11) is 1.54. The molecule has 1 aliphatic rings. The fourth-order valence-corrected chi connectivity index (χ4v) is 3.36. The van der Waals surface area contributed by atoms with E-state index in [0.717, 1.165) is 17.7 Å². The second-order valence-electron chi connectivity index (χ2n) is 7.46. The molecule has 0 radical (unpaired) electrons. The van der Waals surface area contributed by atoms with Crippen LogP contribution in [0.3, 0.4) is 0 Å². The van der Waals surface area contributed by atoms with E-state index in [1.165, 1.54) is 0 Å². The zero-order valence-electron chi connectivity index (χ0n) is 17.4. The summed E-state index contributed by atoms with van der Waals surface area (Å²) >= 11 is 0. The SMILES string of the molecule is COc1ccc(C(=O)N[C@@H](C(=O)OCC(=O)N2CCc3ccccc32)C(C)C)cc1. The molecule has 0 fully saturated rings. The summed E-state index contributed by atoms with van der Waals surface area (Å²) in [6.45, 7) is 3.81. The maximum atomic E-state index is 12.6. The molecule has 30 heavy (non-hydrogen) atoms. The van der Waals surface area contributed by atoms with Crippen LogP contribution in [-0.4, -0.2) is 44.1 Å². The summed E-state index contributed by atoms with van der Waals surface area (Å²) in [6.07, 6.45) is 0.780. The van der Waals surface area contributed by atoms with Gasteiger partial charge in [-0.1, -0.05) is 32.0 Å². The third-order valence-corrected chi connectivity index (χ3v) is 5.09. The Labute approximate surface area is 176 Å². The van der Waals surface area contributed by atoms with Gasteiger partial charge in [-0.2, -0.15) is 0 Å². The van der Waals surface area contributed by atoms with Gasteiger partial charge >= 0.3 is 5.97 Å². The Morgan fingerprint density at radius 3 is 2.43 bits per heavy atom. The maximum Gasteiger partial charge on any atom is 0.329 e. The highest BCUT2D eigenvalue weighted by molar-refractivity contribution is 5.99. The number of hydrogen-bond donors (Lipinski definition) is 1. The number of hydrogen-bond acceptors (Lipinski definition) is 5. The van der Waals surface area contributed by atoms with Gasteiger partial charge in [0.25, 0.3) is 11.8 Å². The molecule has 0 bridgehead atoms. The van der Waals surface area contributed by atoms with Gasteiger partial charge in [-0.05, 0) is 48.2 Å². The Bertz CT molecular complexity index is 923. The zero-order chi connectivity index (χ0) is 21.7. The van der Waals surface area contributed by atoms with Crippen molar-refractivity contribution in [3.05, 3.63) is 59.7 Å².